The number of allylic oxidation sites excluding steroid dienone is 1. The summed E-state index contributed by atoms with van der Waals surface area (Å²) in [5.41, 5.74) is 1.35. The number of rotatable bonds is 6. The third-order valence-corrected chi connectivity index (χ3v) is 3.88. The molecule has 130 valence electrons. The van der Waals surface area contributed by atoms with Gasteiger partial charge in [-0.25, -0.2) is 4.79 Å². The van der Waals surface area contributed by atoms with Crippen LogP contribution >= 0.6 is 0 Å². The predicted octanol–water partition coefficient (Wildman–Crippen LogP) is 4.58. The Bertz CT molecular complexity index is 956. The molecule has 3 aromatic rings. The van der Waals surface area contributed by atoms with Crippen LogP contribution in [-0.4, -0.2) is 18.4 Å². The zero-order valence-corrected chi connectivity index (χ0v) is 14.4. The van der Waals surface area contributed by atoms with Crippen LogP contribution in [-0.2, 0) is 9.53 Å². The van der Waals surface area contributed by atoms with E-state index in [2.05, 4.69) is 5.32 Å². The van der Waals surface area contributed by atoms with Gasteiger partial charge in [-0.2, -0.15) is 0 Å². The Morgan fingerprint density at radius 1 is 0.923 bits per heavy atom. The fourth-order valence-electron chi connectivity index (χ4n) is 2.68. The Morgan fingerprint density at radius 2 is 1.62 bits per heavy atom. The number of carbonyl (C=O) groups is 2. The molecule has 0 fully saturated rings. The first-order valence-corrected chi connectivity index (χ1v) is 8.42. The zero-order valence-electron chi connectivity index (χ0n) is 14.4. The van der Waals surface area contributed by atoms with Crippen LogP contribution in [0.1, 0.15) is 17.3 Å². The molecule has 0 aromatic heterocycles. The van der Waals surface area contributed by atoms with Crippen molar-refractivity contribution in [1.82, 2.24) is 0 Å². The lowest BCUT2D eigenvalue weighted by Gasteiger charge is -2.10. The standard InChI is InChI=1S/C22H19NO3/c1-2-26-22(25)20(23-17-11-4-3-5-12-17)15-21(24)19-14-8-10-16-9-6-7-13-18(16)19/h3-15,23H,2H2,1H3/b20-15-. The summed E-state index contributed by atoms with van der Waals surface area (Å²) in [6.07, 6.45) is 1.30. The zero-order chi connectivity index (χ0) is 18.4. The Hall–Kier alpha value is -3.40. The van der Waals surface area contributed by atoms with Crippen molar-refractivity contribution in [3.05, 3.63) is 90.1 Å². The predicted molar refractivity (Wildman–Crippen MR) is 103 cm³/mol. The molecule has 0 bridgehead atoms. The summed E-state index contributed by atoms with van der Waals surface area (Å²) < 4.78 is 5.08. The number of nitrogens with one attached hydrogen (secondary N) is 1. The Labute approximate surface area is 152 Å². The highest BCUT2D eigenvalue weighted by molar-refractivity contribution is 6.15. The fourth-order valence-corrected chi connectivity index (χ4v) is 2.68. The summed E-state index contributed by atoms with van der Waals surface area (Å²) >= 11 is 0. The Balaban J connectivity index is 1.98. The molecule has 0 amide bonds. The van der Waals surface area contributed by atoms with Crippen molar-refractivity contribution >= 4 is 28.2 Å². The maximum Gasteiger partial charge on any atom is 0.354 e. The molecule has 0 heterocycles. The number of hydrogen-bond acceptors (Lipinski definition) is 4. The van der Waals surface area contributed by atoms with Gasteiger partial charge in [0.15, 0.2) is 5.78 Å². The summed E-state index contributed by atoms with van der Waals surface area (Å²) in [6.45, 7) is 1.96. The van der Waals surface area contributed by atoms with E-state index in [-0.39, 0.29) is 18.1 Å². The molecule has 0 radical (unpaired) electrons. The van der Waals surface area contributed by atoms with Gasteiger partial charge >= 0.3 is 5.97 Å². The lowest BCUT2D eigenvalue weighted by atomic mass is 10.0. The summed E-state index contributed by atoms with van der Waals surface area (Å²) in [5.74, 6) is -0.821. The third kappa shape index (κ3) is 3.98. The monoisotopic (exact) mass is 345 g/mol. The van der Waals surface area contributed by atoms with Crippen molar-refractivity contribution in [2.75, 3.05) is 11.9 Å². The van der Waals surface area contributed by atoms with E-state index in [1.807, 2.05) is 66.7 Å². The van der Waals surface area contributed by atoms with E-state index in [1.165, 1.54) is 6.08 Å². The van der Waals surface area contributed by atoms with Crippen LogP contribution in [0.5, 0.6) is 0 Å². The van der Waals surface area contributed by atoms with Crippen molar-refractivity contribution in [3.63, 3.8) is 0 Å². The van der Waals surface area contributed by atoms with Gasteiger partial charge in [-0.15, -0.1) is 0 Å². The minimum Gasteiger partial charge on any atom is -0.461 e. The van der Waals surface area contributed by atoms with Crippen LogP contribution in [0.4, 0.5) is 5.69 Å². The van der Waals surface area contributed by atoms with Crippen molar-refractivity contribution in [2.24, 2.45) is 0 Å². The molecular weight excluding hydrogens is 326 g/mol. The van der Waals surface area contributed by atoms with Crippen LogP contribution in [0.2, 0.25) is 0 Å². The number of esters is 1. The Morgan fingerprint density at radius 3 is 2.38 bits per heavy atom. The van der Waals surface area contributed by atoms with E-state index in [1.54, 1.807) is 13.0 Å². The number of carbonyl (C=O) groups excluding carboxylic acids is 2. The smallest absolute Gasteiger partial charge is 0.354 e. The van der Waals surface area contributed by atoms with Crippen LogP contribution in [0.15, 0.2) is 84.6 Å². The summed E-state index contributed by atoms with van der Waals surface area (Å²) in [6, 6.07) is 22.4. The molecule has 3 aromatic carbocycles. The molecule has 0 spiro atoms. The molecule has 1 N–H and O–H groups in total. The number of ketones is 1. The van der Waals surface area contributed by atoms with Gasteiger partial charge in [0.1, 0.15) is 5.70 Å². The summed E-state index contributed by atoms with van der Waals surface area (Å²) in [5, 5.41) is 4.80. The minimum atomic E-state index is -0.565. The van der Waals surface area contributed by atoms with Crippen molar-refractivity contribution in [2.45, 2.75) is 6.92 Å². The second-order valence-electron chi connectivity index (χ2n) is 5.66. The van der Waals surface area contributed by atoms with Gasteiger partial charge in [0.05, 0.1) is 6.61 Å². The van der Waals surface area contributed by atoms with E-state index >= 15 is 0 Å². The first-order valence-electron chi connectivity index (χ1n) is 8.42. The number of hydrogen-bond donors (Lipinski definition) is 1. The quantitative estimate of drug-likeness (QED) is 0.403. The first-order chi connectivity index (χ1) is 12.7. The molecule has 0 aliphatic carbocycles. The average Bonchev–Trinajstić information content (AvgIpc) is 2.68. The fraction of sp³-hybridized carbons (Fsp3) is 0.0909. The van der Waals surface area contributed by atoms with Crippen LogP contribution < -0.4 is 5.32 Å². The molecule has 4 heteroatoms. The first kappa shape index (κ1) is 17.4. The van der Waals surface area contributed by atoms with Gasteiger partial charge in [-0.05, 0) is 29.8 Å². The van der Waals surface area contributed by atoms with E-state index in [0.717, 1.165) is 10.8 Å². The van der Waals surface area contributed by atoms with Crippen molar-refractivity contribution in [1.29, 1.82) is 0 Å². The van der Waals surface area contributed by atoms with Gasteiger partial charge in [-0.1, -0.05) is 60.7 Å². The second-order valence-corrected chi connectivity index (χ2v) is 5.66. The number of fused-ring (bicyclic) bond motifs is 1. The Kier molecular flexibility index (Phi) is 5.44. The van der Waals surface area contributed by atoms with E-state index in [9.17, 15) is 9.59 Å². The maximum absolute atomic E-state index is 12.8. The van der Waals surface area contributed by atoms with E-state index in [4.69, 9.17) is 4.74 Å². The topological polar surface area (TPSA) is 55.4 Å². The lowest BCUT2D eigenvalue weighted by molar-refractivity contribution is -0.138. The molecule has 0 aliphatic heterocycles. The molecule has 26 heavy (non-hydrogen) atoms. The number of anilines is 1. The number of para-hydroxylation sites is 1. The SMILES string of the molecule is CCOC(=O)/C(=C/C(=O)c1cccc2ccccc12)Nc1ccccc1. The molecule has 4 nitrogen and oxygen atoms in total. The van der Waals surface area contributed by atoms with Crippen molar-refractivity contribution < 1.29 is 14.3 Å². The molecular formula is C22H19NO3. The molecule has 3 rings (SSSR count). The summed E-state index contributed by atoms with van der Waals surface area (Å²) in [4.78, 5) is 25.1. The van der Waals surface area contributed by atoms with E-state index in [0.29, 0.717) is 11.3 Å². The lowest BCUT2D eigenvalue weighted by Crippen LogP contribution is -2.16. The second kappa shape index (κ2) is 8.12. The van der Waals surface area contributed by atoms with Crippen LogP contribution in [0.3, 0.4) is 0 Å². The van der Waals surface area contributed by atoms with E-state index < -0.39 is 5.97 Å². The largest absolute Gasteiger partial charge is 0.461 e. The van der Waals surface area contributed by atoms with Crippen LogP contribution in [0, 0.1) is 0 Å². The number of ether oxygens (including phenoxy) is 1. The molecule has 0 atom stereocenters. The summed E-state index contributed by atoms with van der Waals surface area (Å²) in [7, 11) is 0. The van der Waals surface area contributed by atoms with Gasteiger partial charge in [0.25, 0.3) is 0 Å². The molecule has 0 unspecified atom stereocenters. The third-order valence-electron chi connectivity index (χ3n) is 3.88. The van der Waals surface area contributed by atoms with Gasteiger partial charge in [0, 0.05) is 17.3 Å². The molecule has 0 saturated heterocycles. The average molecular weight is 345 g/mol. The number of benzene rings is 3. The van der Waals surface area contributed by atoms with Crippen molar-refractivity contribution in [3.8, 4) is 0 Å². The highest BCUT2D eigenvalue weighted by Crippen LogP contribution is 2.20. The minimum absolute atomic E-state index is 0.107. The van der Waals surface area contributed by atoms with Crippen LogP contribution in [0.25, 0.3) is 10.8 Å². The highest BCUT2D eigenvalue weighted by atomic mass is 16.5. The normalized spacial score (nSPS) is 11.2. The van der Waals surface area contributed by atoms with Gasteiger partial charge < -0.3 is 10.1 Å². The molecule has 0 aliphatic rings. The van der Waals surface area contributed by atoms with Gasteiger partial charge in [0.2, 0.25) is 0 Å². The van der Waals surface area contributed by atoms with Gasteiger partial charge in [-0.3, -0.25) is 4.79 Å². The highest BCUT2D eigenvalue weighted by Gasteiger charge is 2.15. The maximum atomic E-state index is 12.8. The molecule has 0 saturated carbocycles.